The van der Waals surface area contributed by atoms with Crippen LogP contribution < -0.4 is 0 Å². The molecule has 0 aliphatic rings. The molecular formula is C71H108O6. The van der Waals surface area contributed by atoms with Crippen molar-refractivity contribution in [3.05, 3.63) is 182 Å². The summed E-state index contributed by atoms with van der Waals surface area (Å²) in [5.74, 6) is -1.18. The van der Waals surface area contributed by atoms with Gasteiger partial charge in [0.1, 0.15) is 13.2 Å². The largest absolute Gasteiger partial charge is 0.462 e. The van der Waals surface area contributed by atoms with Crippen LogP contribution in [0, 0.1) is 0 Å². The number of rotatable bonds is 52. The number of unbranched alkanes of at least 4 members (excludes halogenated alkanes) is 12. The van der Waals surface area contributed by atoms with E-state index >= 15 is 0 Å². The molecule has 0 radical (unpaired) electrons. The molecular weight excluding hydrogens is 949 g/mol. The van der Waals surface area contributed by atoms with Crippen LogP contribution in [0.2, 0.25) is 0 Å². The number of carbonyl (C=O) groups excluding carboxylic acids is 3. The van der Waals surface area contributed by atoms with Crippen LogP contribution in [-0.2, 0) is 28.6 Å². The number of carbonyl (C=O) groups is 3. The summed E-state index contributed by atoms with van der Waals surface area (Å²) in [4.78, 5) is 38.1. The van der Waals surface area contributed by atoms with E-state index in [1.54, 1.807) is 6.08 Å². The minimum absolute atomic E-state index is 0.0735. The number of hydrogen-bond acceptors (Lipinski definition) is 6. The van der Waals surface area contributed by atoms with E-state index in [0.717, 1.165) is 109 Å². The molecule has 0 aliphatic carbocycles. The zero-order chi connectivity index (χ0) is 55.7. The first-order chi connectivity index (χ1) is 38.0. The highest BCUT2D eigenvalue weighted by molar-refractivity contribution is 5.72. The molecule has 0 heterocycles. The van der Waals surface area contributed by atoms with Crippen molar-refractivity contribution in [3.8, 4) is 0 Å². The van der Waals surface area contributed by atoms with Crippen molar-refractivity contribution in [2.75, 3.05) is 13.2 Å². The molecule has 6 nitrogen and oxygen atoms in total. The Morgan fingerprint density at radius 2 is 0.532 bits per heavy atom. The van der Waals surface area contributed by atoms with Crippen LogP contribution in [0.3, 0.4) is 0 Å². The molecule has 0 amide bonds. The van der Waals surface area contributed by atoms with E-state index in [1.807, 2.05) is 18.2 Å². The molecule has 0 N–H and O–H groups in total. The van der Waals surface area contributed by atoms with Gasteiger partial charge in [-0.1, -0.05) is 267 Å². The molecule has 6 heteroatoms. The summed E-state index contributed by atoms with van der Waals surface area (Å²) in [6.45, 7) is 6.12. The quantitative estimate of drug-likeness (QED) is 0.0261. The predicted molar refractivity (Wildman–Crippen MR) is 334 cm³/mol. The maximum Gasteiger partial charge on any atom is 0.310 e. The molecule has 0 aromatic rings. The molecule has 428 valence electrons. The number of allylic oxidation sites excluding steroid dienone is 29. The van der Waals surface area contributed by atoms with Crippen LogP contribution in [0.25, 0.3) is 0 Å². The van der Waals surface area contributed by atoms with Gasteiger partial charge in [-0.15, -0.1) is 0 Å². The highest BCUT2D eigenvalue weighted by atomic mass is 16.6. The number of ether oxygens (including phenoxy) is 3. The second-order valence-corrected chi connectivity index (χ2v) is 19.1. The Morgan fingerprint density at radius 1 is 0.273 bits per heavy atom. The SMILES string of the molecule is CC/C=C\C/C=C\C/C=C\C/C=C\C/C=C\C/C=C\CCCCCCCCCCCCCCC(=O)OCC(COC(=O)CC/C=C\C/C=C\C/C=C\C/C=C\CC)OC(=O)C/C=C\C/C=C\C/C=C\C/C=C\C/C=C\CC. The van der Waals surface area contributed by atoms with Gasteiger partial charge in [-0.05, 0) is 122 Å². The van der Waals surface area contributed by atoms with E-state index in [4.69, 9.17) is 14.2 Å². The van der Waals surface area contributed by atoms with E-state index in [2.05, 4.69) is 179 Å². The van der Waals surface area contributed by atoms with Crippen molar-refractivity contribution in [1.82, 2.24) is 0 Å². The minimum Gasteiger partial charge on any atom is -0.462 e. The maximum atomic E-state index is 12.8. The van der Waals surface area contributed by atoms with E-state index in [1.165, 1.54) is 64.2 Å². The fourth-order valence-electron chi connectivity index (χ4n) is 7.53. The zero-order valence-corrected chi connectivity index (χ0v) is 48.9. The molecule has 0 fully saturated rings. The molecule has 0 saturated heterocycles. The third kappa shape index (κ3) is 61.2. The molecule has 0 spiro atoms. The summed E-state index contributed by atoms with van der Waals surface area (Å²) in [6.07, 6.45) is 95.2. The molecule has 1 unspecified atom stereocenters. The van der Waals surface area contributed by atoms with Gasteiger partial charge < -0.3 is 14.2 Å². The summed E-state index contributed by atoms with van der Waals surface area (Å²) < 4.78 is 16.7. The lowest BCUT2D eigenvalue weighted by Gasteiger charge is -2.18. The molecule has 0 bridgehead atoms. The summed E-state index contributed by atoms with van der Waals surface area (Å²) in [5.41, 5.74) is 0. The Kier molecular flexibility index (Phi) is 58.6. The average Bonchev–Trinajstić information content (AvgIpc) is 3.43. The fourth-order valence-corrected chi connectivity index (χ4v) is 7.53. The summed E-state index contributed by atoms with van der Waals surface area (Å²) >= 11 is 0. The van der Waals surface area contributed by atoms with Crippen LogP contribution in [0.4, 0.5) is 0 Å². The molecule has 0 aromatic heterocycles. The Labute approximate surface area is 472 Å². The Bertz CT molecular complexity index is 1840. The lowest BCUT2D eigenvalue weighted by Crippen LogP contribution is -2.30. The molecule has 0 aliphatic heterocycles. The summed E-state index contributed by atoms with van der Waals surface area (Å²) in [5, 5.41) is 0. The third-order valence-electron chi connectivity index (χ3n) is 11.9. The van der Waals surface area contributed by atoms with Crippen molar-refractivity contribution in [1.29, 1.82) is 0 Å². The predicted octanol–water partition coefficient (Wildman–Crippen LogP) is 20.9. The second kappa shape index (κ2) is 63.0. The number of hydrogen-bond donors (Lipinski definition) is 0. The van der Waals surface area contributed by atoms with Gasteiger partial charge in [0.05, 0.1) is 6.42 Å². The van der Waals surface area contributed by atoms with Crippen LogP contribution in [0.5, 0.6) is 0 Å². The standard InChI is InChI=1S/C71H108O6/c1-4-7-10-13-16-19-22-25-27-28-29-30-31-32-33-34-35-36-37-38-39-40-41-42-44-46-49-52-55-58-61-64-70(73)76-67-68(66-75-69(72)63-60-57-54-51-48-45-24-21-18-15-12-9-6-3)77-71(74)65-62-59-56-53-50-47-43-26-23-20-17-14-11-8-5-2/h7-12,16-21,25-27,29-30,32-33,35-36,43,45,48,50,53-54,57,59,62,68H,4-6,13-15,22-24,28,31,34,37-42,44,46-47,49,51-52,55-56,58,60-61,63-67H2,1-3H3/b10-7-,11-8-,12-9-,19-16-,20-17-,21-18-,27-25-,30-29-,33-32-,36-35-,43-26-,48-45-,53-50-,57-54-,62-59-. The fraction of sp³-hybridized carbons (Fsp3) is 0.535. The van der Waals surface area contributed by atoms with Crippen LogP contribution in [-0.4, -0.2) is 37.2 Å². The Morgan fingerprint density at radius 3 is 0.870 bits per heavy atom. The van der Waals surface area contributed by atoms with E-state index in [-0.39, 0.29) is 38.0 Å². The van der Waals surface area contributed by atoms with E-state index in [0.29, 0.717) is 19.3 Å². The molecule has 0 rings (SSSR count). The van der Waals surface area contributed by atoms with Gasteiger partial charge in [-0.25, -0.2) is 0 Å². The Hall–Kier alpha value is -5.49. The van der Waals surface area contributed by atoms with Crippen molar-refractivity contribution in [3.63, 3.8) is 0 Å². The third-order valence-corrected chi connectivity index (χ3v) is 11.9. The zero-order valence-electron chi connectivity index (χ0n) is 48.9. The highest BCUT2D eigenvalue weighted by Crippen LogP contribution is 2.14. The van der Waals surface area contributed by atoms with Gasteiger partial charge in [-0.2, -0.15) is 0 Å². The van der Waals surface area contributed by atoms with Gasteiger partial charge >= 0.3 is 17.9 Å². The van der Waals surface area contributed by atoms with E-state index in [9.17, 15) is 14.4 Å². The average molecular weight is 1060 g/mol. The van der Waals surface area contributed by atoms with Crippen molar-refractivity contribution in [2.24, 2.45) is 0 Å². The highest BCUT2D eigenvalue weighted by Gasteiger charge is 2.19. The van der Waals surface area contributed by atoms with Gasteiger partial charge in [0, 0.05) is 12.8 Å². The lowest BCUT2D eigenvalue weighted by atomic mass is 10.0. The van der Waals surface area contributed by atoms with Crippen molar-refractivity contribution in [2.45, 2.75) is 232 Å². The van der Waals surface area contributed by atoms with Gasteiger partial charge in [-0.3, -0.25) is 14.4 Å². The van der Waals surface area contributed by atoms with Gasteiger partial charge in [0.25, 0.3) is 0 Å². The molecule has 1 atom stereocenters. The summed E-state index contributed by atoms with van der Waals surface area (Å²) in [7, 11) is 0. The topological polar surface area (TPSA) is 78.9 Å². The van der Waals surface area contributed by atoms with Crippen molar-refractivity contribution < 1.29 is 28.6 Å². The van der Waals surface area contributed by atoms with Gasteiger partial charge in [0.15, 0.2) is 6.10 Å². The van der Waals surface area contributed by atoms with E-state index < -0.39 is 12.1 Å². The maximum absolute atomic E-state index is 12.8. The number of esters is 3. The molecule has 77 heavy (non-hydrogen) atoms. The normalized spacial score (nSPS) is 13.4. The van der Waals surface area contributed by atoms with Crippen LogP contribution >= 0.6 is 0 Å². The minimum atomic E-state index is -0.871. The van der Waals surface area contributed by atoms with Gasteiger partial charge in [0.2, 0.25) is 0 Å². The molecule has 0 saturated carbocycles. The molecule has 0 aromatic carbocycles. The van der Waals surface area contributed by atoms with Crippen molar-refractivity contribution >= 4 is 17.9 Å². The lowest BCUT2D eigenvalue weighted by molar-refractivity contribution is -0.166. The van der Waals surface area contributed by atoms with Crippen LogP contribution in [0.15, 0.2) is 182 Å². The Balaban J connectivity index is 4.37. The summed E-state index contributed by atoms with van der Waals surface area (Å²) in [6, 6.07) is 0. The monoisotopic (exact) mass is 1060 g/mol. The smallest absolute Gasteiger partial charge is 0.310 e. The first-order valence-corrected chi connectivity index (χ1v) is 30.3. The second-order valence-electron chi connectivity index (χ2n) is 19.1. The van der Waals surface area contributed by atoms with Crippen LogP contribution in [0.1, 0.15) is 226 Å². The first kappa shape index (κ1) is 71.5. The first-order valence-electron chi connectivity index (χ1n) is 30.3.